The van der Waals surface area contributed by atoms with Gasteiger partial charge in [-0.2, -0.15) is 0 Å². The van der Waals surface area contributed by atoms with Crippen LogP contribution in [-0.4, -0.2) is 35.7 Å². The molecule has 0 heterocycles. The van der Waals surface area contributed by atoms with Gasteiger partial charge in [0.2, 0.25) is 0 Å². The van der Waals surface area contributed by atoms with Crippen molar-refractivity contribution in [3.63, 3.8) is 0 Å². The van der Waals surface area contributed by atoms with Gasteiger partial charge in [0.05, 0.1) is 0 Å². The Bertz CT molecular complexity index is 1400. The van der Waals surface area contributed by atoms with E-state index in [4.69, 9.17) is 9.47 Å². The van der Waals surface area contributed by atoms with Crippen molar-refractivity contribution < 1.29 is 28.7 Å². The van der Waals surface area contributed by atoms with Crippen LogP contribution in [0.4, 0.5) is 0 Å². The lowest BCUT2D eigenvalue weighted by molar-refractivity contribution is -0.172. The molecule has 0 aromatic rings. The molecule has 0 aromatic heterocycles. The van der Waals surface area contributed by atoms with Crippen molar-refractivity contribution in [3.8, 4) is 0 Å². The highest BCUT2D eigenvalue weighted by Gasteiger charge is 2.63. The van der Waals surface area contributed by atoms with Crippen LogP contribution in [0.5, 0.6) is 0 Å². The topological polar surface area (TPSA) is 86.7 Å². The van der Waals surface area contributed by atoms with Gasteiger partial charge in [0.15, 0.2) is 11.6 Å². The summed E-state index contributed by atoms with van der Waals surface area (Å²) in [7, 11) is 0. The van der Waals surface area contributed by atoms with Crippen molar-refractivity contribution in [2.75, 3.05) is 0 Å². The van der Waals surface area contributed by atoms with E-state index in [1.807, 2.05) is 12.2 Å². The first-order valence-electron chi connectivity index (χ1n) is 20.0. The molecular formula is C43H60O6. The number of rotatable bonds is 4. The Balaban J connectivity index is 0.899. The van der Waals surface area contributed by atoms with E-state index in [9.17, 15) is 19.2 Å². The van der Waals surface area contributed by atoms with E-state index in [2.05, 4.69) is 41.5 Å². The summed E-state index contributed by atoms with van der Waals surface area (Å²) in [4.78, 5) is 51.4. The summed E-state index contributed by atoms with van der Waals surface area (Å²) in [6.07, 6.45) is 16.7. The average Bonchev–Trinajstić information content (AvgIpc) is 3.54. The minimum Gasteiger partial charge on any atom is -0.461 e. The van der Waals surface area contributed by atoms with Gasteiger partial charge in [0.25, 0.3) is 0 Å². The Morgan fingerprint density at radius 1 is 0.612 bits per heavy atom. The number of ether oxygens (including phenoxy) is 2. The second-order valence-corrected chi connectivity index (χ2v) is 19.4. The molecule has 0 spiro atoms. The van der Waals surface area contributed by atoms with Crippen LogP contribution >= 0.6 is 0 Å². The molecule has 0 amide bonds. The molecule has 0 bridgehead atoms. The first kappa shape index (κ1) is 33.9. The molecule has 0 aromatic carbocycles. The minimum atomic E-state index is -0.429. The summed E-state index contributed by atoms with van der Waals surface area (Å²) < 4.78 is 12.5. The smallest absolute Gasteiger partial charge is 0.317 e. The van der Waals surface area contributed by atoms with Crippen LogP contribution in [0.2, 0.25) is 0 Å². The molecule has 0 aliphatic heterocycles. The van der Waals surface area contributed by atoms with Crippen LogP contribution in [0.3, 0.4) is 0 Å². The Labute approximate surface area is 294 Å². The lowest BCUT2D eigenvalue weighted by atomic mass is 9.45. The summed E-state index contributed by atoms with van der Waals surface area (Å²) in [5.74, 6) is 4.06. The van der Waals surface area contributed by atoms with Gasteiger partial charge in [0, 0.05) is 23.7 Å². The summed E-state index contributed by atoms with van der Waals surface area (Å²) in [5.41, 5.74) is 2.84. The first-order valence-corrected chi connectivity index (χ1v) is 20.0. The fourth-order valence-electron chi connectivity index (χ4n) is 14.6. The number of fused-ring (bicyclic) bond motifs is 10. The van der Waals surface area contributed by atoms with Gasteiger partial charge in [-0.1, -0.05) is 52.7 Å². The Morgan fingerprint density at radius 2 is 1.02 bits per heavy atom. The first-order chi connectivity index (χ1) is 23.2. The Hall–Kier alpha value is -2.24. The maximum absolute atomic E-state index is 13.4. The van der Waals surface area contributed by atoms with Crippen molar-refractivity contribution >= 4 is 23.5 Å². The molecule has 14 atom stereocenters. The van der Waals surface area contributed by atoms with Crippen molar-refractivity contribution in [3.05, 3.63) is 23.3 Å². The number of hydrogen-bond acceptors (Lipinski definition) is 6. The third-order valence-electron chi connectivity index (χ3n) is 17.3. The van der Waals surface area contributed by atoms with Gasteiger partial charge >= 0.3 is 11.9 Å². The maximum atomic E-state index is 13.4. The standard InChI is InChI=1S/C43H60O6/c1-24-19-26-21-28(44)11-15-40(26,3)32-13-17-42(5)30(38(24)32)7-9-34(42)48-36(46)23-37(47)49-35-10-8-31-39-25(2)20-27-22-29(45)12-16-41(27,4)33(39)14-18-43(31,35)6/h21-22,24-25,30-35,38-39H,7-20,23H2,1-6H3/t24-,25-,30?,31?,32?,33?,34+,35+,38?,39?,40+,41+,42+,43+/m1/s1. The highest BCUT2D eigenvalue weighted by molar-refractivity contribution is 5.92. The minimum absolute atomic E-state index is 0.0736. The molecule has 6 saturated carbocycles. The summed E-state index contributed by atoms with van der Waals surface area (Å²) >= 11 is 0. The summed E-state index contributed by atoms with van der Waals surface area (Å²) in [5, 5.41) is 0. The quantitative estimate of drug-likeness (QED) is 0.219. The number of carbonyl (C=O) groups is 4. The second-order valence-electron chi connectivity index (χ2n) is 19.4. The second kappa shape index (κ2) is 11.6. The van der Waals surface area contributed by atoms with Crippen LogP contribution in [0, 0.1) is 69.0 Å². The largest absolute Gasteiger partial charge is 0.461 e. The van der Waals surface area contributed by atoms with E-state index >= 15 is 0 Å². The van der Waals surface area contributed by atoms with Crippen LogP contribution in [0.15, 0.2) is 23.3 Å². The molecular weight excluding hydrogens is 612 g/mol. The van der Waals surface area contributed by atoms with Gasteiger partial charge in [-0.15, -0.1) is 0 Å². The van der Waals surface area contributed by atoms with Crippen molar-refractivity contribution in [1.82, 2.24) is 0 Å². The number of ketones is 2. The molecule has 49 heavy (non-hydrogen) atoms. The van der Waals surface area contributed by atoms with Crippen LogP contribution in [-0.2, 0) is 28.7 Å². The van der Waals surface area contributed by atoms with E-state index in [0.717, 1.165) is 77.0 Å². The predicted molar refractivity (Wildman–Crippen MR) is 187 cm³/mol. The zero-order valence-corrected chi connectivity index (χ0v) is 31.0. The molecule has 6 fully saturated rings. The number of allylic oxidation sites excluding steroid dienone is 2. The van der Waals surface area contributed by atoms with Crippen LogP contribution in [0.25, 0.3) is 0 Å². The van der Waals surface area contributed by atoms with Gasteiger partial charge in [-0.3, -0.25) is 19.2 Å². The highest BCUT2D eigenvalue weighted by Crippen LogP contribution is 2.68. The highest BCUT2D eigenvalue weighted by atomic mass is 16.6. The van der Waals surface area contributed by atoms with Gasteiger partial charge in [0.1, 0.15) is 18.6 Å². The molecule has 8 rings (SSSR count). The van der Waals surface area contributed by atoms with E-state index in [1.165, 1.54) is 11.1 Å². The predicted octanol–water partition coefficient (Wildman–Crippen LogP) is 8.76. The lowest BCUT2D eigenvalue weighted by Crippen LogP contribution is -2.54. The number of carbonyl (C=O) groups excluding carboxylic acids is 4. The monoisotopic (exact) mass is 672 g/mol. The molecule has 6 unspecified atom stereocenters. The molecule has 6 nitrogen and oxygen atoms in total. The lowest BCUT2D eigenvalue weighted by Gasteiger charge is -2.60. The summed E-state index contributed by atoms with van der Waals surface area (Å²) in [6.45, 7) is 14.3. The SMILES string of the molecule is C[C@@H]1CC2=CC(=O)CC[C@]2(C)C2CC[C@@]3(C)C(CC[C@@H]3OC(=O)CC(=O)O[C@H]3CCC4C5C(CC[C@@]43C)[C@@]3(C)CCC(=O)C=C3C[C@H]5C)C21. The summed E-state index contributed by atoms with van der Waals surface area (Å²) in [6, 6.07) is 0. The zero-order valence-electron chi connectivity index (χ0n) is 31.0. The molecule has 8 aliphatic carbocycles. The van der Waals surface area contributed by atoms with E-state index in [1.54, 1.807) is 0 Å². The van der Waals surface area contributed by atoms with E-state index in [0.29, 0.717) is 71.8 Å². The molecule has 0 N–H and O–H groups in total. The molecule has 0 radical (unpaired) electrons. The van der Waals surface area contributed by atoms with Gasteiger partial charge in [-0.05, 0) is 147 Å². The Morgan fingerprint density at radius 3 is 1.43 bits per heavy atom. The van der Waals surface area contributed by atoms with E-state index in [-0.39, 0.29) is 40.3 Å². The molecule has 6 heteroatoms. The van der Waals surface area contributed by atoms with Crippen LogP contribution < -0.4 is 0 Å². The third-order valence-corrected chi connectivity index (χ3v) is 17.3. The van der Waals surface area contributed by atoms with Crippen molar-refractivity contribution in [2.24, 2.45) is 69.0 Å². The third kappa shape index (κ3) is 5.05. The van der Waals surface area contributed by atoms with Gasteiger partial charge in [-0.25, -0.2) is 0 Å². The molecule has 8 aliphatic rings. The maximum Gasteiger partial charge on any atom is 0.317 e. The van der Waals surface area contributed by atoms with E-state index < -0.39 is 11.9 Å². The number of hydrogen-bond donors (Lipinski definition) is 0. The van der Waals surface area contributed by atoms with Crippen molar-refractivity contribution in [2.45, 2.75) is 150 Å². The fraction of sp³-hybridized carbons (Fsp3) is 0.814. The Kier molecular flexibility index (Phi) is 8.05. The van der Waals surface area contributed by atoms with Crippen LogP contribution in [0.1, 0.15) is 138 Å². The normalized spacial score (nSPS) is 50.0. The average molecular weight is 673 g/mol. The molecule has 268 valence electrons. The zero-order chi connectivity index (χ0) is 34.7. The van der Waals surface area contributed by atoms with Crippen molar-refractivity contribution in [1.29, 1.82) is 0 Å². The number of esters is 2. The fourth-order valence-corrected chi connectivity index (χ4v) is 14.6. The molecule has 0 saturated heterocycles. The van der Waals surface area contributed by atoms with Gasteiger partial charge < -0.3 is 9.47 Å².